The molecule has 2 nitrogen and oxygen atoms in total. The van der Waals surface area contributed by atoms with Gasteiger partial charge in [0.25, 0.3) is 0 Å². The van der Waals surface area contributed by atoms with Gasteiger partial charge in [0.1, 0.15) is 5.82 Å². The molecule has 1 atom stereocenters. The van der Waals surface area contributed by atoms with E-state index in [2.05, 4.69) is 23.3 Å². The van der Waals surface area contributed by atoms with Crippen LogP contribution in [0.4, 0.5) is 10.1 Å². The number of hydrogen-bond donors (Lipinski definition) is 0. The summed E-state index contributed by atoms with van der Waals surface area (Å²) in [6.45, 7) is 4.36. The van der Waals surface area contributed by atoms with Gasteiger partial charge in [-0.3, -0.25) is 4.79 Å². The lowest BCUT2D eigenvalue weighted by atomic mass is 10.00. The molecule has 0 bridgehead atoms. The first-order valence-electron chi connectivity index (χ1n) is 6.71. The van der Waals surface area contributed by atoms with Gasteiger partial charge in [0, 0.05) is 17.0 Å². The van der Waals surface area contributed by atoms with E-state index in [-0.39, 0.29) is 17.6 Å². The molecule has 2 aromatic rings. The SMILES string of the molecule is CC(=O)c1ccc(N2CCc3sccc3C2C)c(F)c1. The Morgan fingerprint density at radius 2 is 2.20 bits per heavy atom. The standard InChI is InChI=1S/C16H16FNOS/c1-10-13-6-8-20-16(13)5-7-18(10)15-4-3-12(11(2)19)9-14(15)17/h3-4,6,8-10H,5,7H2,1-2H3. The number of rotatable bonds is 2. The van der Waals surface area contributed by atoms with E-state index in [1.54, 1.807) is 23.5 Å². The number of halogens is 1. The van der Waals surface area contributed by atoms with Gasteiger partial charge in [0.15, 0.2) is 5.78 Å². The lowest BCUT2D eigenvalue weighted by Crippen LogP contribution is -2.33. The Balaban J connectivity index is 1.96. The molecule has 0 fully saturated rings. The molecule has 0 saturated heterocycles. The molecule has 1 unspecified atom stereocenters. The van der Waals surface area contributed by atoms with Crippen molar-refractivity contribution in [2.45, 2.75) is 26.3 Å². The minimum Gasteiger partial charge on any atom is -0.362 e. The monoisotopic (exact) mass is 289 g/mol. The molecule has 1 aromatic carbocycles. The maximum absolute atomic E-state index is 14.3. The van der Waals surface area contributed by atoms with Crippen LogP contribution in [-0.4, -0.2) is 12.3 Å². The van der Waals surface area contributed by atoms with Crippen LogP contribution in [0.15, 0.2) is 29.6 Å². The summed E-state index contributed by atoms with van der Waals surface area (Å²) in [5, 5.41) is 2.10. The highest BCUT2D eigenvalue weighted by Crippen LogP contribution is 2.37. The molecule has 3 rings (SSSR count). The smallest absolute Gasteiger partial charge is 0.159 e. The van der Waals surface area contributed by atoms with E-state index < -0.39 is 0 Å². The zero-order valence-electron chi connectivity index (χ0n) is 11.5. The summed E-state index contributed by atoms with van der Waals surface area (Å²) in [5.74, 6) is -0.425. The number of carbonyl (C=O) groups is 1. The molecular formula is C16H16FNOS. The Morgan fingerprint density at radius 3 is 2.90 bits per heavy atom. The number of nitrogens with zero attached hydrogens (tertiary/aromatic N) is 1. The number of hydrogen-bond acceptors (Lipinski definition) is 3. The Kier molecular flexibility index (Phi) is 3.34. The van der Waals surface area contributed by atoms with Crippen LogP contribution in [0.3, 0.4) is 0 Å². The van der Waals surface area contributed by atoms with Crippen LogP contribution in [-0.2, 0) is 6.42 Å². The van der Waals surface area contributed by atoms with E-state index in [1.165, 1.54) is 23.4 Å². The van der Waals surface area contributed by atoms with Crippen molar-refractivity contribution >= 4 is 22.8 Å². The van der Waals surface area contributed by atoms with Crippen molar-refractivity contribution in [3.8, 4) is 0 Å². The van der Waals surface area contributed by atoms with Gasteiger partial charge < -0.3 is 4.90 Å². The molecule has 0 aliphatic carbocycles. The summed E-state index contributed by atoms with van der Waals surface area (Å²) in [6.07, 6.45) is 0.950. The number of Topliss-reactive ketones (excluding diaryl/α,β-unsaturated/α-hetero) is 1. The second-order valence-electron chi connectivity index (χ2n) is 5.14. The van der Waals surface area contributed by atoms with Crippen molar-refractivity contribution in [3.63, 3.8) is 0 Å². The molecule has 0 saturated carbocycles. The van der Waals surface area contributed by atoms with E-state index in [0.717, 1.165) is 13.0 Å². The molecule has 0 N–H and O–H groups in total. The fourth-order valence-electron chi connectivity index (χ4n) is 2.80. The highest BCUT2D eigenvalue weighted by Gasteiger charge is 2.26. The predicted octanol–water partition coefficient (Wildman–Crippen LogP) is 4.21. The van der Waals surface area contributed by atoms with Gasteiger partial charge in [-0.05, 0) is 55.5 Å². The molecule has 0 radical (unpaired) electrons. The summed E-state index contributed by atoms with van der Waals surface area (Å²) in [6, 6.07) is 7.06. The van der Waals surface area contributed by atoms with Crippen LogP contribution in [0.1, 0.15) is 40.7 Å². The summed E-state index contributed by atoms with van der Waals surface area (Å²) in [7, 11) is 0. The number of thiophene rings is 1. The fourth-order valence-corrected chi connectivity index (χ4v) is 3.76. The molecule has 4 heteroatoms. The second kappa shape index (κ2) is 5.02. The number of benzene rings is 1. The Labute approximate surface area is 121 Å². The number of carbonyl (C=O) groups excluding carboxylic acids is 1. The van der Waals surface area contributed by atoms with Crippen LogP contribution < -0.4 is 4.90 Å². The quantitative estimate of drug-likeness (QED) is 0.772. The first kappa shape index (κ1) is 13.3. The van der Waals surface area contributed by atoms with Crippen molar-refractivity contribution in [1.29, 1.82) is 0 Å². The number of fused-ring (bicyclic) bond motifs is 1. The van der Waals surface area contributed by atoms with Crippen molar-refractivity contribution in [2.24, 2.45) is 0 Å². The lowest BCUT2D eigenvalue weighted by Gasteiger charge is -2.35. The van der Waals surface area contributed by atoms with Crippen molar-refractivity contribution < 1.29 is 9.18 Å². The highest BCUT2D eigenvalue weighted by atomic mass is 32.1. The molecule has 1 aliphatic heterocycles. The maximum atomic E-state index is 14.3. The first-order chi connectivity index (χ1) is 9.58. The van der Waals surface area contributed by atoms with Gasteiger partial charge in [0.2, 0.25) is 0 Å². The van der Waals surface area contributed by atoms with E-state index in [0.29, 0.717) is 11.3 Å². The van der Waals surface area contributed by atoms with Crippen LogP contribution >= 0.6 is 11.3 Å². The summed E-state index contributed by atoms with van der Waals surface area (Å²) < 4.78 is 14.3. The third-order valence-electron chi connectivity index (χ3n) is 3.94. The van der Waals surface area contributed by atoms with E-state index in [1.807, 2.05) is 0 Å². The van der Waals surface area contributed by atoms with Gasteiger partial charge in [0.05, 0.1) is 11.7 Å². The van der Waals surface area contributed by atoms with Gasteiger partial charge in [-0.25, -0.2) is 4.39 Å². The average molecular weight is 289 g/mol. The second-order valence-corrected chi connectivity index (χ2v) is 6.14. The van der Waals surface area contributed by atoms with E-state index >= 15 is 0 Å². The minimum absolute atomic E-state index is 0.109. The van der Waals surface area contributed by atoms with Gasteiger partial charge in [-0.2, -0.15) is 0 Å². The third kappa shape index (κ3) is 2.14. The molecule has 2 heterocycles. The Bertz CT molecular complexity index is 664. The Morgan fingerprint density at radius 1 is 1.40 bits per heavy atom. The van der Waals surface area contributed by atoms with Crippen molar-refractivity contribution in [2.75, 3.05) is 11.4 Å². The number of ketones is 1. The lowest BCUT2D eigenvalue weighted by molar-refractivity contribution is 0.101. The highest BCUT2D eigenvalue weighted by molar-refractivity contribution is 7.10. The van der Waals surface area contributed by atoms with Crippen molar-refractivity contribution in [1.82, 2.24) is 0 Å². The molecule has 0 amide bonds. The summed E-state index contributed by atoms with van der Waals surface area (Å²) in [5.41, 5.74) is 2.29. The van der Waals surface area contributed by atoms with Crippen LogP contribution in [0.5, 0.6) is 0 Å². The van der Waals surface area contributed by atoms with Gasteiger partial charge in [-0.1, -0.05) is 0 Å². The minimum atomic E-state index is -0.316. The average Bonchev–Trinajstić information content (AvgIpc) is 2.89. The largest absolute Gasteiger partial charge is 0.362 e. The van der Waals surface area contributed by atoms with E-state index in [4.69, 9.17) is 0 Å². The zero-order chi connectivity index (χ0) is 14.3. The van der Waals surface area contributed by atoms with E-state index in [9.17, 15) is 9.18 Å². The molecule has 0 spiro atoms. The normalized spacial score (nSPS) is 17.9. The van der Waals surface area contributed by atoms with Crippen molar-refractivity contribution in [3.05, 3.63) is 51.5 Å². The third-order valence-corrected chi connectivity index (χ3v) is 4.94. The summed E-state index contributed by atoms with van der Waals surface area (Å²) >= 11 is 1.77. The van der Waals surface area contributed by atoms with Gasteiger partial charge >= 0.3 is 0 Å². The molecule has 20 heavy (non-hydrogen) atoms. The van der Waals surface area contributed by atoms with Crippen LogP contribution in [0, 0.1) is 5.82 Å². The maximum Gasteiger partial charge on any atom is 0.159 e. The summed E-state index contributed by atoms with van der Waals surface area (Å²) in [4.78, 5) is 14.8. The molecule has 1 aromatic heterocycles. The van der Waals surface area contributed by atoms with Crippen LogP contribution in [0.2, 0.25) is 0 Å². The van der Waals surface area contributed by atoms with Crippen LogP contribution in [0.25, 0.3) is 0 Å². The predicted molar refractivity (Wildman–Crippen MR) is 80.2 cm³/mol. The molecule has 104 valence electrons. The first-order valence-corrected chi connectivity index (χ1v) is 7.59. The molecule has 1 aliphatic rings. The Hall–Kier alpha value is -1.68. The molecular weight excluding hydrogens is 273 g/mol. The zero-order valence-corrected chi connectivity index (χ0v) is 12.3. The van der Waals surface area contributed by atoms with Gasteiger partial charge in [-0.15, -0.1) is 11.3 Å². The topological polar surface area (TPSA) is 20.3 Å². The number of anilines is 1. The fraction of sp³-hybridized carbons (Fsp3) is 0.312.